The van der Waals surface area contributed by atoms with Crippen molar-refractivity contribution in [3.05, 3.63) is 41.6 Å². The molecule has 4 heterocycles. The summed E-state index contributed by atoms with van der Waals surface area (Å²) in [4.78, 5) is 34.3. The highest BCUT2D eigenvalue weighted by atomic mass is 16.2. The minimum absolute atomic E-state index is 0.00907. The SMILES string of the molecule is CCCN1C(=O)N2C[C@H](Cc3ccncc3)N=C2c2[nH]c(C3CCCC3)nc21. The number of amidine groups is 1. The predicted molar refractivity (Wildman–Crippen MR) is 108 cm³/mol. The lowest BCUT2D eigenvalue weighted by Crippen LogP contribution is -2.50. The molecule has 0 bridgehead atoms. The first-order valence-electron chi connectivity index (χ1n) is 10.4. The van der Waals surface area contributed by atoms with Crippen LogP contribution < -0.4 is 4.90 Å². The summed E-state index contributed by atoms with van der Waals surface area (Å²) in [6, 6.07) is 4.11. The molecule has 1 N–H and O–H groups in total. The minimum atomic E-state index is 0.00907. The number of carbonyl (C=O) groups is 1. The number of aromatic amines is 1. The van der Waals surface area contributed by atoms with Gasteiger partial charge in [-0.3, -0.25) is 19.8 Å². The van der Waals surface area contributed by atoms with Crippen LogP contribution in [0.15, 0.2) is 29.5 Å². The molecule has 2 aromatic rings. The van der Waals surface area contributed by atoms with Crippen LogP contribution in [-0.4, -0.2) is 50.8 Å². The van der Waals surface area contributed by atoms with Crippen LogP contribution in [0.5, 0.6) is 0 Å². The van der Waals surface area contributed by atoms with Crippen molar-refractivity contribution in [2.75, 3.05) is 18.0 Å². The summed E-state index contributed by atoms with van der Waals surface area (Å²) in [6.07, 6.45) is 10.2. The van der Waals surface area contributed by atoms with E-state index in [9.17, 15) is 4.79 Å². The number of rotatable bonds is 5. The Hall–Kier alpha value is -2.70. The van der Waals surface area contributed by atoms with Gasteiger partial charge in [0.2, 0.25) is 0 Å². The quantitative estimate of drug-likeness (QED) is 0.865. The van der Waals surface area contributed by atoms with Gasteiger partial charge in [0.15, 0.2) is 11.7 Å². The van der Waals surface area contributed by atoms with Crippen molar-refractivity contribution in [1.29, 1.82) is 0 Å². The van der Waals surface area contributed by atoms with E-state index in [1.807, 2.05) is 21.9 Å². The van der Waals surface area contributed by atoms with Gasteiger partial charge >= 0.3 is 6.03 Å². The van der Waals surface area contributed by atoms with E-state index in [1.54, 1.807) is 12.4 Å². The average Bonchev–Trinajstić information content (AvgIpc) is 3.44. The third-order valence-corrected chi connectivity index (χ3v) is 6.01. The Bertz CT molecular complexity index is 899. The first-order valence-corrected chi connectivity index (χ1v) is 10.4. The van der Waals surface area contributed by atoms with Crippen molar-refractivity contribution >= 4 is 17.7 Å². The molecule has 3 aliphatic rings. The van der Waals surface area contributed by atoms with Crippen LogP contribution in [0.4, 0.5) is 10.6 Å². The standard InChI is InChI=1S/C21H26N6O/c1-2-11-26-20-17(24-18(25-20)15-5-3-4-6-15)19-23-16(13-27(19)21(26)28)12-14-7-9-22-10-8-14/h7-10,15-16H,2-6,11-13H2,1H3,(H,24,25)/t16-/m0/s1. The molecular weight excluding hydrogens is 352 g/mol. The van der Waals surface area contributed by atoms with Gasteiger partial charge in [0, 0.05) is 24.9 Å². The van der Waals surface area contributed by atoms with E-state index in [2.05, 4.69) is 16.9 Å². The van der Waals surface area contributed by atoms with Gasteiger partial charge in [-0.25, -0.2) is 9.78 Å². The Morgan fingerprint density at radius 1 is 1.21 bits per heavy atom. The highest BCUT2D eigenvalue weighted by Crippen LogP contribution is 2.37. The largest absolute Gasteiger partial charge is 0.337 e. The Morgan fingerprint density at radius 3 is 2.75 bits per heavy atom. The topological polar surface area (TPSA) is 77.5 Å². The highest BCUT2D eigenvalue weighted by Gasteiger charge is 2.42. The summed E-state index contributed by atoms with van der Waals surface area (Å²) in [5.74, 6) is 3.04. The van der Waals surface area contributed by atoms with Crippen molar-refractivity contribution in [3.8, 4) is 0 Å². The van der Waals surface area contributed by atoms with Gasteiger partial charge in [-0.15, -0.1) is 0 Å². The van der Waals surface area contributed by atoms with E-state index in [1.165, 1.54) is 31.2 Å². The number of pyridine rings is 1. The maximum absolute atomic E-state index is 13.2. The van der Waals surface area contributed by atoms with E-state index in [0.717, 1.165) is 36.0 Å². The fourth-order valence-electron chi connectivity index (χ4n) is 4.64. The Morgan fingerprint density at radius 2 is 2.00 bits per heavy atom. The normalized spacial score (nSPS) is 21.8. The molecule has 5 rings (SSSR count). The number of hydrogen-bond acceptors (Lipinski definition) is 4. The van der Waals surface area contributed by atoms with Gasteiger partial charge < -0.3 is 4.98 Å². The van der Waals surface area contributed by atoms with Crippen molar-refractivity contribution in [1.82, 2.24) is 19.9 Å². The lowest BCUT2D eigenvalue weighted by atomic mass is 10.1. The van der Waals surface area contributed by atoms with Crippen molar-refractivity contribution in [2.24, 2.45) is 4.99 Å². The molecule has 2 aromatic heterocycles. The third kappa shape index (κ3) is 2.89. The molecule has 146 valence electrons. The molecule has 7 heteroatoms. The highest BCUT2D eigenvalue weighted by molar-refractivity contribution is 6.18. The molecule has 0 saturated heterocycles. The number of nitrogens with one attached hydrogen (secondary N) is 1. The predicted octanol–water partition coefficient (Wildman–Crippen LogP) is 3.49. The summed E-state index contributed by atoms with van der Waals surface area (Å²) < 4.78 is 0. The van der Waals surface area contributed by atoms with Crippen molar-refractivity contribution in [2.45, 2.75) is 57.4 Å². The van der Waals surface area contributed by atoms with Crippen LogP contribution in [0.25, 0.3) is 0 Å². The number of anilines is 1. The summed E-state index contributed by atoms with van der Waals surface area (Å²) in [6.45, 7) is 3.39. The number of H-pyrrole nitrogens is 1. The van der Waals surface area contributed by atoms with Crippen LogP contribution in [0.3, 0.4) is 0 Å². The van der Waals surface area contributed by atoms with E-state index in [4.69, 9.17) is 9.98 Å². The average molecular weight is 378 g/mol. The molecule has 0 unspecified atom stereocenters. The van der Waals surface area contributed by atoms with Crippen LogP contribution in [-0.2, 0) is 6.42 Å². The number of fused-ring (bicyclic) bond motifs is 3. The second kappa shape index (κ2) is 7.04. The molecule has 1 aliphatic carbocycles. The number of aromatic nitrogens is 3. The Kier molecular flexibility index (Phi) is 4.37. The zero-order valence-electron chi connectivity index (χ0n) is 16.3. The summed E-state index contributed by atoms with van der Waals surface area (Å²) in [5, 5.41) is 0. The minimum Gasteiger partial charge on any atom is -0.337 e. The molecule has 7 nitrogen and oxygen atoms in total. The number of imidazole rings is 1. The number of hydrogen-bond donors (Lipinski definition) is 1. The monoisotopic (exact) mass is 378 g/mol. The zero-order valence-corrected chi connectivity index (χ0v) is 16.3. The van der Waals surface area contributed by atoms with Gasteiger partial charge in [0.1, 0.15) is 11.5 Å². The molecule has 0 aromatic carbocycles. The number of amides is 2. The first-order chi connectivity index (χ1) is 13.7. The van der Waals surface area contributed by atoms with Crippen LogP contribution in [0, 0.1) is 0 Å². The van der Waals surface area contributed by atoms with Gasteiger partial charge in [-0.1, -0.05) is 19.8 Å². The molecule has 0 radical (unpaired) electrons. The second-order valence-electron chi connectivity index (χ2n) is 8.01. The fraction of sp³-hybridized carbons (Fsp3) is 0.524. The molecular formula is C21H26N6O. The molecule has 0 spiro atoms. The van der Waals surface area contributed by atoms with Gasteiger partial charge in [0.25, 0.3) is 0 Å². The van der Waals surface area contributed by atoms with E-state index < -0.39 is 0 Å². The number of nitrogens with zero attached hydrogens (tertiary/aromatic N) is 5. The summed E-state index contributed by atoms with van der Waals surface area (Å²) in [5.41, 5.74) is 2.12. The summed E-state index contributed by atoms with van der Waals surface area (Å²) in [7, 11) is 0. The summed E-state index contributed by atoms with van der Waals surface area (Å²) >= 11 is 0. The molecule has 28 heavy (non-hydrogen) atoms. The van der Waals surface area contributed by atoms with Crippen LogP contribution in [0.1, 0.15) is 62.0 Å². The lowest BCUT2D eigenvalue weighted by Gasteiger charge is -2.32. The van der Waals surface area contributed by atoms with Crippen molar-refractivity contribution in [3.63, 3.8) is 0 Å². The van der Waals surface area contributed by atoms with Crippen LogP contribution >= 0.6 is 0 Å². The maximum atomic E-state index is 13.2. The number of urea groups is 1. The zero-order chi connectivity index (χ0) is 19.1. The Balaban J connectivity index is 1.49. The molecule has 2 amide bonds. The fourth-order valence-corrected chi connectivity index (χ4v) is 4.64. The number of aliphatic imine (C=N–C) groups is 1. The first kappa shape index (κ1) is 17.4. The smallest absolute Gasteiger partial charge is 0.331 e. The van der Waals surface area contributed by atoms with E-state index in [0.29, 0.717) is 19.0 Å². The third-order valence-electron chi connectivity index (χ3n) is 6.01. The molecule has 2 aliphatic heterocycles. The van der Waals surface area contributed by atoms with Gasteiger partial charge in [0.05, 0.1) is 12.6 Å². The maximum Gasteiger partial charge on any atom is 0.331 e. The van der Waals surface area contributed by atoms with Gasteiger partial charge in [-0.05, 0) is 43.4 Å². The molecule has 1 fully saturated rings. The lowest BCUT2D eigenvalue weighted by molar-refractivity contribution is 0.226. The molecule has 1 saturated carbocycles. The number of carbonyl (C=O) groups excluding carboxylic acids is 1. The van der Waals surface area contributed by atoms with Crippen LogP contribution in [0.2, 0.25) is 0 Å². The Labute approximate surface area is 164 Å². The van der Waals surface area contributed by atoms with E-state index >= 15 is 0 Å². The van der Waals surface area contributed by atoms with E-state index in [-0.39, 0.29) is 12.1 Å². The van der Waals surface area contributed by atoms with Gasteiger partial charge in [-0.2, -0.15) is 0 Å². The molecule has 1 atom stereocenters. The second-order valence-corrected chi connectivity index (χ2v) is 8.01. The van der Waals surface area contributed by atoms with Crippen molar-refractivity contribution < 1.29 is 4.79 Å².